The molecule has 2 nitrogen and oxygen atoms in total. The number of benzene rings is 7. The fraction of sp³-hybridized carbons (Fsp3) is 0.0612. The molecule has 0 saturated heterocycles. The van der Waals surface area contributed by atoms with Gasteiger partial charge in [-0.1, -0.05) is 147 Å². The lowest BCUT2D eigenvalue weighted by molar-refractivity contribution is 0.660. The van der Waals surface area contributed by atoms with E-state index in [1.54, 1.807) is 0 Å². The molecule has 2 aromatic heterocycles. The summed E-state index contributed by atoms with van der Waals surface area (Å²) in [5.41, 5.74) is 15.2. The van der Waals surface area contributed by atoms with E-state index in [0.717, 1.165) is 33.9 Å². The van der Waals surface area contributed by atoms with Crippen molar-refractivity contribution in [1.29, 1.82) is 0 Å². The van der Waals surface area contributed by atoms with Crippen LogP contribution in [0.5, 0.6) is 0 Å². The molecular weight excluding hydrogens is 649 g/mol. The van der Waals surface area contributed by atoms with Gasteiger partial charge in [-0.15, -0.1) is 11.3 Å². The Morgan fingerprint density at radius 1 is 0.385 bits per heavy atom. The van der Waals surface area contributed by atoms with E-state index in [-0.39, 0.29) is 5.41 Å². The van der Waals surface area contributed by atoms with Crippen molar-refractivity contribution in [3.05, 3.63) is 181 Å². The molecule has 52 heavy (non-hydrogen) atoms. The van der Waals surface area contributed by atoms with E-state index >= 15 is 0 Å². The molecule has 0 fully saturated rings. The molecule has 0 unspecified atom stereocenters. The molecule has 0 atom stereocenters. The minimum Gasteiger partial charge on any atom is -0.228 e. The van der Waals surface area contributed by atoms with Crippen LogP contribution in [0.1, 0.15) is 25.0 Å². The summed E-state index contributed by atoms with van der Waals surface area (Å²) >= 11 is 1.86. The summed E-state index contributed by atoms with van der Waals surface area (Å²) in [5, 5.41) is 2.63. The second-order valence-electron chi connectivity index (χ2n) is 14.2. The lowest BCUT2D eigenvalue weighted by Gasteiger charge is -2.23. The zero-order valence-electron chi connectivity index (χ0n) is 29.0. The van der Waals surface area contributed by atoms with Crippen molar-refractivity contribution in [2.75, 3.05) is 0 Å². The van der Waals surface area contributed by atoms with Crippen LogP contribution in [0.2, 0.25) is 0 Å². The summed E-state index contributed by atoms with van der Waals surface area (Å²) in [6.45, 7) is 4.72. The average molecular weight is 683 g/mol. The molecule has 1 aliphatic carbocycles. The number of hydrogen-bond donors (Lipinski definition) is 0. The molecule has 0 amide bonds. The van der Waals surface area contributed by atoms with Crippen LogP contribution in [0.3, 0.4) is 0 Å². The maximum Gasteiger partial charge on any atom is 0.160 e. The third-order valence-corrected chi connectivity index (χ3v) is 11.9. The molecule has 10 rings (SSSR count). The molecule has 246 valence electrons. The van der Waals surface area contributed by atoms with Gasteiger partial charge in [0.1, 0.15) is 0 Å². The molecule has 1 aliphatic rings. The molecule has 7 aromatic carbocycles. The summed E-state index contributed by atoms with van der Waals surface area (Å²) in [4.78, 5) is 10.1. The summed E-state index contributed by atoms with van der Waals surface area (Å²) in [6, 6.07) is 61.3. The standard InChI is InChI=1S/C49H34N2S/c1-49(2)42-19-11-9-17-36(42)40-28-38(35-25-26-47-41(27-35)37-18-10-12-20-46(37)52-47)39(29-43(40)49)31-21-23-33(24-22-31)45-30-44(32-13-5-3-6-14-32)50-48(51-45)34-15-7-4-8-16-34/h3-30H,1-2H3. The Bertz CT molecular complexity index is 2740. The highest BCUT2D eigenvalue weighted by Crippen LogP contribution is 2.52. The van der Waals surface area contributed by atoms with Crippen molar-refractivity contribution < 1.29 is 0 Å². The number of hydrogen-bond acceptors (Lipinski definition) is 3. The van der Waals surface area contributed by atoms with Crippen LogP contribution in [0.15, 0.2) is 170 Å². The maximum atomic E-state index is 5.09. The van der Waals surface area contributed by atoms with Crippen LogP contribution in [0, 0.1) is 0 Å². The molecule has 0 bridgehead atoms. The number of fused-ring (bicyclic) bond motifs is 6. The minimum atomic E-state index is -0.102. The number of rotatable bonds is 5. The third kappa shape index (κ3) is 5.00. The zero-order chi connectivity index (χ0) is 34.8. The van der Waals surface area contributed by atoms with Crippen LogP contribution >= 0.6 is 11.3 Å². The van der Waals surface area contributed by atoms with Crippen LogP contribution in [-0.4, -0.2) is 9.97 Å². The molecule has 0 N–H and O–H groups in total. The number of nitrogens with zero attached hydrogens (tertiary/aromatic N) is 2. The monoisotopic (exact) mass is 682 g/mol. The van der Waals surface area contributed by atoms with E-state index in [1.807, 2.05) is 35.6 Å². The average Bonchev–Trinajstić information content (AvgIpc) is 3.69. The van der Waals surface area contributed by atoms with Crippen LogP contribution < -0.4 is 0 Å². The van der Waals surface area contributed by atoms with Gasteiger partial charge < -0.3 is 0 Å². The largest absolute Gasteiger partial charge is 0.228 e. The Labute approximate surface area is 307 Å². The molecule has 9 aromatic rings. The van der Waals surface area contributed by atoms with E-state index in [2.05, 4.69) is 159 Å². The summed E-state index contributed by atoms with van der Waals surface area (Å²) < 4.78 is 2.64. The van der Waals surface area contributed by atoms with E-state index < -0.39 is 0 Å². The van der Waals surface area contributed by atoms with Gasteiger partial charge >= 0.3 is 0 Å². The molecule has 0 spiro atoms. The van der Waals surface area contributed by atoms with Gasteiger partial charge in [-0.25, -0.2) is 9.97 Å². The SMILES string of the molecule is CC1(C)c2ccccc2-c2cc(-c3ccc4sc5ccccc5c4c3)c(-c3ccc(-c4cc(-c5ccccc5)nc(-c5ccccc5)n4)cc3)cc21. The molecule has 0 aliphatic heterocycles. The predicted molar refractivity (Wildman–Crippen MR) is 220 cm³/mol. The van der Waals surface area contributed by atoms with Crippen molar-refractivity contribution >= 4 is 31.5 Å². The fourth-order valence-electron chi connectivity index (χ4n) is 8.01. The normalized spacial score (nSPS) is 13.0. The summed E-state index contributed by atoms with van der Waals surface area (Å²) in [5.74, 6) is 0.722. The van der Waals surface area contributed by atoms with E-state index in [4.69, 9.17) is 9.97 Å². The van der Waals surface area contributed by atoms with Crippen molar-refractivity contribution in [3.8, 4) is 67.3 Å². The second-order valence-corrected chi connectivity index (χ2v) is 15.3. The minimum absolute atomic E-state index is 0.102. The molecule has 2 heterocycles. The quantitative estimate of drug-likeness (QED) is 0.181. The smallest absolute Gasteiger partial charge is 0.160 e. The predicted octanol–water partition coefficient (Wildman–Crippen LogP) is 13.5. The highest BCUT2D eigenvalue weighted by atomic mass is 32.1. The van der Waals surface area contributed by atoms with Crippen LogP contribution in [-0.2, 0) is 5.41 Å². The first-order valence-electron chi connectivity index (χ1n) is 17.8. The van der Waals surface area contributed by atoms with Gasteiger partial charge in [-0.05, 0) is 80.9 Å². The highest BCUT2D eigenvalue weighted by Gasteiger charge is 2.36. The van der Waals surface area contributed by atoms with E-state index in [0.29, 0.717) is 0 Å². The summed E-state index contributed by atoms with van der Waals surface area (Å²) in [7, 11) is 0. The van der Waals surface area contributed by atoms with E-state index in [1.165, 1.54) is 64.7 Å². The van der Waals surface area contributed by atoms with Gasteiger partial charge in [0, 0.05) is 42.3 Å². The molecular formula is C49H34N2S. The molecule has 0 saturated carbocycles. The fourth-order valence-corrected chi connectivity index (χ4v) is 9.09. The van der Waals surface area contributed by atoms with Crippen LogP contribution in [0.25, 0.3) is 87.5 Å². The van der Waals surface area contributed by atoms with Crippen molar-refractivity contribution in [2.45, 2.75) is 19.3 Å². The van der Waals surface area contributed by atoms with Gasteiger partial charge in [0.2, 0.25) is 0 Å². The number of thiophene rings is 1. The summed E-state index contributed by atoms with van der Waals surface area (Å²) in [6.07, 6.45) is 0. The van der Waals surface area contributed by atoms with Crippen molar-refractivity contribution in [3.63, 3.8) is 0 Å². The highest BCUT2D eigenvalue weighted by molar-refractivity contribution is 7.25. The second kappa shape index (κ2) is 12.0. The first kappa shape index (κ1) is 30.6. The van der Waals surface area contributed by atoms with Gasteiger partial charge in [0.05, 0.1) is 11.4 Å². The van der Waals surface area contributed by atoms with Crippen molar-refractivity contribution in [2.24, 2.45) is 0 Å². The maximum absolute atomic E-state index is 5.09. The first-order valence-corrected chi connectivity index (χ1v) is 18.6. The van der Waals surface area contributed by atoms with Gasteiger partial charge in [0.15, 0.2) is 5.82 Å². The lowest BCUT2D eigenvalue weighted by Crippen LogP contribution is -2.15. The lowest BCUT2D eigenvalue weighted by atomic mass is 9.80. The van der Waals surface area contributed by atoms with E-state index in [9.17, 15) is 0 Å². The Morgan fingerprint density at radius 2 is 0.962 bits per heavy atom. The number of aromatic nitrogens is 2. The molecule has 3 heteroatoms. The van der Waals surface area contributed by atoms with Crippen LogP contribution in [0.4, 0.5) is 0 Å². The Morgan fingerprint density at radius 3 is 1.73 bits per heavy atom. The topological polar surface area (TPSA) is 25.8 Å². The Balaban J connectivity index is 1.14. The van der Waals surface area contributed by atoms with Gasteiger partial charge in [-0.2, -0.15) is 0 Å². The van der Waals surface area contributed by atoms with Gasteiger partial charge in [0.25, 0.3) is 0 Å². The first-order chi connectivity index (χ1) is 25.5. The zero-order valence-corrected chi connectivity index (χ0v) is 29.8. The van der Waals surface area contributed by atoms with Crippen molar-refractivity contribution in [1.82, 2.24) is 9.97 Å². The van der Waals surface area contributed by atoms with Gasteiger partial charge in [-0.3, -0.25) is 0 Å². The Hall–Kier alpha value is -6.16. The third-order valence-electron chi connectivity index (χ3n) is 10.7. The molecule has 0 radical (unpaired) electrons. The Kier molecular flexibility index (Phi) is 7.06.